The van der Waals surface area contributed by atoms with Gasteiger partial charge in [0.15, 0.2) is 0 Å². The molecule has 0 bridgehead atoms. The third-order valence-electron chi connectivity index (χ3n) is 6.90. The molecular weight excluding hydrogens is 500 g/mol. The van der Waals surface area contributed by atoms with Crippen molar-refractivity contribution in [3.8, 4) is 0 Å². The number of aliphatic hydroxyl groups is 1. The number of alkyl halides is 4. The number of carbonyl (C=O) groups is 2. The molecule has 1 saturated carbocycles. The van der Waals surface area contributed by atoms with Gasteiger partial charge in [0.25, 0.3) is 5.91 Å². The van der Waals surface area contributed by atoms with Crippen LogP contribution in [0.2, 0.25) is 0 Å². The molecule has 1 atom stereocenters. The summed E-state index contributed by atoms with van der Waals surface area (Å²) in [5.74, 6) is -1.16. The van der Waals surface area contributed by atoms with Crippen molar-refractivity contribution in [1.29, 1.82) is 0 Å². The number of carbonyl (C=O) groups excluding carboxylic acids is 2. The van der Waals surface area contributed by atoms with Gasteiger partial charge in [0, 0.05) is 30.7 Å². The number of benzene rings is 1. The van der Waals surface area contributed by atoms with Crippen LogP contribution in [-0.2, 0) is 23.2 Å². The molecule has 36 heavy (non-hydrogen) atoms. The smallest absolute Gasteiger partial charge is 0.384 e. The molecular formula is C24H28F4N4O3S. The molecule has 0 radical (unpaired) electrons. The number of halogens is 4. The van der Waals surface area contributed by atoms with Gasteiger partial charge in [0.1, 0.15) is 12.3 Å². The summed E-state index contributed by atoms with van der Waals surface area (Å²) in [5.41, 5.74) is -1.73. The molecule has 2 aliphatic rings. The van der Waals surface area contributed by atoms with Gasteiger partial charge in [-0.15, -0.1) is 0 Å². The zero-order chi connectivity index (χ0) is 25.9. The summed E-state index contributed by atoms with van der Waals surface area (Å²) >= 11 is 1.15. The molecule has 3 N–H and O–H groups in total. The van der Waals surface area contributed by atoms with Gasteiger partial charge in [-0.25, -0.2) is 4.39 Å². The third-order valence-corrected chi connectivity index (χ3v) is 7.92. The van der Waals surface area contributed by atoms with Crippen molar-refractivity contribution in [3.05, 3.63) is 52.0 Å². The highest BCUT2D eigenvalue weighted by atomic mass is 32.1. The van der Waals surface area contributed by atoms with Gasteiger partial charge in [-0.1, -0.05) is 6.07 Å². The number of likely N-dealkylation sites (tertiary alicyclic amines) is 1. The first kappa shape index (κ1) is 26.5. The summed E-state index contributed by atoms with van der Waals surface area (Å²) in [7, 11) is 0. The number of hydrogen-bond donors (Lipinski definition) is 3. The molecule has 196 valence electrons. The minimum Gasteiger partial charge on any atom is -0.384 e. The number of hydrogen-bond acceptors (Lipinski definition) is 6. The summed E-state index contributed by atoms with van der Waals surface area (Å²) in [5, 5.41) is 16.3. The van der Waals surface area contributed by atoms with Crippen LogP contribution < -0.4 is 10.6 Å². The van der Waals surface area contributed by atoms with Crippen molar-refractivity contribution in [3.63, 3.8) is 0 Å². The van der Waals surface area contributed by atoms with Crippen molar-refractivity contribution in [2.45, 2.75) is 62.6 Å². The van der Waals surface area contributed by atoms with Crippen LogP contribution in [0.5, 0.6) is 0 Å². The maximum absolute atomic E-state index is 12.8. The topological polar surface area (TPSA) is 94.6 Å². The predicted molar refractivity (Wildman–Crippen MR) is 125 cm³/mol. The van der Waals surface area contributed by atoms with Gasteiger partial charge in [0.05, 0.1) is 22.7 Å². The lowest BCUT2D eigenvalue weighted by molar-refractivity contribution is -0.137. The number of amides is 2. The average molecular weight is 529 g/mol. The van der Waals surface area contributed by atoms with Crippen LogP contribution in [0.15, 0.2) is 30.3 Å². The van der Waals surface area contributed by atoms with Gasteiger partial charge in [-0.3, -0.25) is 14.5 Å². The highest BCUT2D eigenvalue weighted by Crippen LogP contribution is 2.41. The minimum absolute atomic E-state index is 0.0997. The van der Waals surface area contributed by atoms with Crippen LogP contribution in [0.25, 0.3) is 0 Å². The van der Waals surface area contributed by atoms with E-state index in [1.165, 1.54) is 6.07 Å². The molecule has 7 nitrogen and oxygen atoms in total. The Morgan fingerprint density at radius 1 is 1.19 bits per heavy atom. The summed E-state index contributed by atoms with van der Waals surface area (Å²) in [6.45, 7) is 0.447. The first-order valence-electron chi connectivity index (χ1n) is 11.8. The number of rotatable bonds is 7. The average Bonchev–Trinajstić information content (AvgIpc) is 3.53. The predicted octanol–water partition coefficient (Wildman–Crippen LogP) is 3.38. The molecule has 0 unspecified atom stereocenters. The van der Waals surface area contributed by atoms with Gasteiger partial charge in [0.2, 0.25) is 5.91 Å². The van der Waals surface area contributed by atoms with Crippen molar-refractivity contribution in [2.75, 3.05) is 19.6 Å². The Hall–Kier alpha value is -2.57. The second-order valence-corrected chi connectivity index (χ2v) is 10.2. The highest BCUT2D eigenvalue weighted by molar-refractivity contribution is 7.06. The monoisotopic (exact) mass is 528 g/mol. The van der Waals surface area contributed by atoms with Crippen molar-refractivity contribution in [2.24, 2.45) is 0 Å². The Balaban J connectivity index is 1.21. The Morgan fingerprint density at radius 2 is 1.94 bits per heavy atom. The Kier molecular flexibility index (Phi) is 7.96. The zero-order valence-corrected chi connectivity index (χ0v) is 20.3. The van der Waals surface area contributed by atoms with Gasteiger partial charge >= 0.3 is 6.18 Å². The van der Waals surface area contributed by atoms with Gasteiger partial charge in [-0.05, 0) is 67.9 Å². The first-order valence-corrected chi connectivity index (χ1v) is 12.6. The SMILES string of the molecule is O=C(CNC(=O)c1cccc(C(F)(F)F)c1)N[C@@H]1CCN(C2CCC(O)(c3cc(CF)ns3)CC2)C1. The van der Waals surface area contributed by atoms with Gasteiger partial charge in [-0.2, -0.15) is 17.5 Å². The van der Waals surface area contributed by atoms with Crippen LogP contribution in [-0.4, -0.2) is 57.9 Å². The van der Waals surface area contributed by atoms with Crippen LogP contribution in [0.1, 0.15) is 58.6 Å². The quantitative estimate of drug-likeness (QED) is 0.479. The molecule has 2 heterocycles. The lowest BCUT2D eigenvalue weighted by Gasteiger charge is -2.39. The number of aromatic nitrogens is 1. The maximum atomic E-state index is 12.8. The second kappa shape index (κ2) is 10.8. The summed E-state index contributed by atoms with van der Waals surface area (Å²) in [4.78, 5) is 27.5. The Labute approximate surface area is 210 Å². The highest BCUT2D eigenvalue weighted by Gasteiger charge is 2.39. The largest absolute Gasteiger partial charge is 0.416 e. The molecule has 12 heteroatoms. The second-order valence-electron chi connectivity index (χ2n) is 9.39. The fraction of sp³-hybridized carbons (Fsp3) is 0.542. The molecule has 4 rings (SSSR count). The lowest BCUT2D eigenvalue weighted by atomic mass is 9.80. The first-order chi connectivity index (χ1) is 17.1. The van der Waals surface area contributed by atoms with E-state index in [4.69, 9.17) is 0 Å². The molecule has 0 spiro atoms. The van der Waals surface area contributed by atoms with Crippen molar-refractivity contribution >= 4 is 23.3 Å². The van der Waals surface area contributed by atoms with Crippen LogP contribution in [0.3, 0.4) is 0 Å². The van der Waals surface area contributed by atoms with Crippen LogP contribution in [0, 0.1) is 0 Å². The standard InChI is InChI=1S/C24H28F4N4O3S/c25-12-18-11-20(36-31-18)23(35)7-4-19(5-8-23)32-9-6-17(14-32)30-21(33)13-29-22(34)15-2-1-3-16(10-15)24(26,27)28/h1-3,10-11,17,19,35H,4-9,12-14H2,(H,29,34)(H,30,33)/t17-,19?,23?/m1/s1. The summed E-state index contributed by atoms with van der Waals surface area (Å²) < 4.78 is 55.4. The molecule has 2 amide bonds. The normalized spacial score (nSPS) is 25.0. The van der Waals surface area contributed by atoms with Crippen LogP contribution in [0.4, 0.5) is 17.6 Å². The molecule has 1 aromatic heterocycles. The third kappa shape index (κ3) is 6.22. The molecule has 2 fully saturated rings. The molecule has 1 aliphatic heterocycles. The summed E-state index contributed by atoms with van der Waals surface area (Å²) in [6, 6.07) is 5.84. The Morgan fingerprint density at radius 3 is 2.61 bits per heavy atom. The van der Waals surface area contributed by atoms with Gasteiger partial charge < -0.3 is 15.7 Å². The van der Waals surface area contributed by atoms with E-state index < -0.39 is 35.8 Å². The van der Waals surface area contributed by atoms with Crippen LogP contribution >= 0.6 is 11.5 Å². The maximum Gasteiger partial charge on any atom is 0.416 e. The summed E-state index contributed by atoms with van der Waals surface area (Å²) in [6.07, 6.45) is -1.16. The van der Waals surface area contributed by atoms with E-state index in [0.29, 0.717) is 30.0 Å². The van der Waals surface area contributed by atoms with Crippen molar-refractivity contribution in [1.82, 2.24) is 19.9 Å². The molecule has 1 aliphatic carbocycles. The zero-order valence-electron chi connectivity index (χ0n) is 19.5. The lowest BCUT2D eigenvalue weighted by Crippen LogP contribution is -2.45. The van der Waals surface area contributed by atoms with E-state index in [-0.39, 0.29) is 24.2 Å². The number of nitrogens with one attached hydrogen (secondary N) is 2. The molecule has 1 saturated heterocycles. The van der Waals surface area contributed by atoms with E-state index in [0.717, 1.165) is 55.5 Å². The molecule has 1 aromatic carbocycles. The van der Waals surface area contributed by atoms with E-state index >= 15 is 0 Å². The molecule has 2 aromatic rings. The van der Waals surface area contributed by atoms with E-state index in [1.807, 2.05) is 0 Å². The Bertz CT molecular complexity index is 1090. The minimum atomic E-state index is -4.56. The fourth-order valence-electron chi connectivity index (χ4n) is 4.90. The van der Waals surface area contributed by atoms with E-state index in [9.17, 15) is 32.3 Å². The fourth-order valence-corrected chi connectivity index (χ4v) is 5.78. The van der Waals surface area contributed by atoms with E-state index in [2.05, 4.69) is 19.9 Å². The van der Waals surface area contributed by atoms with E-state index in [1.54, 1.807) is 6.07 Å². The van der Waals surface area contributed by atoms with Crippen molar-refractivity contribution < 1.29 is 32.3 Å². The number of nitrogens with zero attached hydrogens (tertiary/aromatic N) is 2.